The van der Waals surface area contributed by atoms with Gasteiger partial charge in [-0.1, -0.05) is 28.7 Å². The first-order valence-corrected chi connectivity index (χ1v) is 7.46. The van der Waals surface area contributed by atoms with Crippen molar-refractivity contribution in [1.82, 2.24) is 13.6 Å². The third kappa shape index (κ3) is 3.38. The molecule has 0 bridgehead atoms. The summed E-state index contributed by atoms with van der Waals surface area (Å²) in [5.74, 6) is 0. The predicted octanol–water partition coefficient (Wildman–Crippen LogP) is 2.96. The SMILES string of the molecule is CI.CN(C)C=Nc1cccc2nsnc12. The van der Waals surface area contributed by atoms with Gasteiger partial charge in [0.05, 0.1) is 23.8 Å². The monoisotopic (exact) mass is 348 g/mol. The molecule has 6 heteroatoms. The summed E-state index contributed by atoms with van der Waals surface area (Å²) in [4.78, 5) is 8.17. The average Bonchev–Trinajstić information content (AvgIpc) is 2.77. The van der Waals surface area contributed by atoms with Crippen LogP contribution in [0.2, 0.25) is 0 Å². The molecule has 0 atom stereocenters. The minimum absolute atomic E-state index is 0.866. The van der Waals surface area contributed by atoms with Crippen molar-refractivity contribution in [2.24, 2.45) is 4.99 Å². The molecule has 0 aliphatic heterocycles. The molecule has 1 aromatic carbocycles. The molecule has 0 unspecified atom stereocenters. The number of fused-ring (bicyclic) bond motifs is 1. The van der Waals surface area contributed by atoms with Crippen LogP contribution in [0.25, 0.3) is 11.0 Å². The summed E-state index contributed by atoms with van der Waals surface area (Å²) in [6.07, 6.45) is 1.76. The molecule has 16 heavy (non-hydrogen) atoms. The Balaban J connectivity index is 0.000000606. The maximum atomic E-state index is 4.31. The normalized spacial score (nSPS) is 10.2. The van der Waals surface area contributed by atoms with Crippen LogP contribution in [0.4, 0.5) is 5.69 Å². The second-order valence-corrected chi connectivity index (χ2v) is 3.65. The fourth-order valence-corrected chi connectivity index (χ4v) is 1.62. The highest BCUT2D eigenvalue weighted by Crippen LogP contribution is 2.23. The zero-order chi connectivity index (χ0) is 12.0. The standard InChI is InChI=1S/C9H10N4S.CH3I/c1-13(2)6-10-7-4-3-5-8-9(7)12-14-11-8;1-2/h3-6H,1-2H3;1H3. The van der Waals surface area contributed by atoms with Crippen LogP contribution in [0.3, 0.4) is 0 Å². The van der Waals surface area contributed by atoms with Gasteiger partial charge in [0.15, 0.2) is 0 Å². The Morgan fingerprint density at radius 2 is 2.06 bits per heavy atom. The van der Waals surface area contributed by atoms with E-state index in [4.69, 9.17) is 0 Å². The maximum Gasteiger partial charge on any atom is 0.130 e. The van der Waals surface area contributed by atoms with Gasteiger partial charge in [0, 0.05) is 14.1 Å². The van der Waals surface area contributed by atoms with Gasteiger partial charge in [-0.2, -0.15) is 8.75 Å². The van der Waals surface area contributed by atoms with E-state index >= 15 is 0 Å². The van der Waals surface area contributed by atoms with E-state index in [0.717, 1.165) is 16.7 Å². The number of aliphatic imine (C=N–C) groups is 1. The van der Waals surface area contributed by atoms with Gasteiger partial charge in [0.2, 0.25) is 0 Å². The molecule has 0 saturated heterocycles. The number of hydrogen-bond donors (Lipinski definition) is 0. The average molecular weight is 348 g/mol. The van der Waals surface area contributed by atoms with E-state index in [0.29, 0.717) is 0 Å². The van der Waals surface area contributed by atoms with Crippen molar-refractivity contribution in [3.05, 3.63) is 18.2 Å². The van der Waals surface area contributed by atoms with Crippen molar-refractivity contribution in [2.45, 2.75) is 0 Å². The van der Waals surface area contributed by atoms with Crippen LogP contribution in [0.1, 0.15) is 0 Å². The number of alkyl halides is 1. The van der Waals surface area contributed by atoms with Crippen molar-refractivity contribution in [1.29, 1.82) is 0 Å². The van der Waals surface area contributed by atoms with Crippen molar-refractivity contribution < 1.29 is 0 Å². The molecule has 2 aromatic rings. The van der Waals surface area contributed by atoms with Crippen LogP contribution in [0, 0.1) is 0 Å². The van der Waals surface area contributed by atoms with Crippen LogP contribution in [0.5, 0.6) is 0 Å². The van der Waals surface area contributed by atoms with Crippen molar-refractivity contribution in [3.63, 3.8) is 0 Å². The molecule has 0 aliphatic rings. The van der Waals surface area contributed by atoms with Gasteiger partial charge in [-0.05, 0) is 17.1 Å². The lowest BCUT2D eigenvalue weighted by atomic mass is 10.3. The van der Waals surface area contributed by atoms with Gasteiger partial charge < -0.3 is 4.90 Å². The van der Waals surface area contributed by atoms with E-state index in [1.165, 1.54) is 11.7 Å². The highest BCUT2D eigenvalue weighted by atomic mass is 127. The number of halogens is 1. The van der Waals surface area contributed by atoms with Crippen LogP contribution in [0.15, 0.2) is 23.2 Å². The molecule has 1 aromatic heterocycles. The first-order valence-electron chi connectivity index (χ1n) is 4.57. The lowest BCUT2D eigenvalue weighted by Crippen LogP contribution is -2.06. The first kappa shape index (κ1) is 13.3. The molecule has 0 fully saturated rings. The molecular formula is C10H13IN4S. The number of benzene rings is 1. The van der Waals surface area contributed by atoms with Crippen LogP contribution < -0.4 is 0 Å². The van der Waals surface area contributed by atoms with Gasteiger partial charge in [-0.25, -0.2) is 4.99 Å². The molecule has 4 nitrogen and oxygen atoms in total. The Bertz CT molecular complexity index is 467. The first-order chi connectivity index (χ1) is 7.77. The van der Waals surface area contributed by atoms with Crippen LogP contribution in [-0.4, -0.2) is 39.0 Å². The quantitative estimate of drug-likeness (QED) is 0.363. The Morgan fingerprint density at radius 1 is 1.31 bits per heavy atom. The van der Waals surface area contributed by atoms with E-state index in [-0.39, 0.29) is 0 Å². The molecule has 2 rings (SSSR count). The molecule has 0 radical (unpaired) electrons. The topological polar surface area (TPSA) is 41.4 Å². The van der Waals surface area contributed by atoms with Gasteiger partial charge in [0.25, 0.3) is 0 Å². The lowest BCUT2D eigenvalue weighted by Gasteiger charge is -2.01. The Morgan fingerprint density at radius 3 is 2.75 bits per heavy atom. The molecule has 0 spiro atoms. The highest BCUT2D eigenvalue weighted by Gasteiger charge is 2.02. The summed E-state index contributed by atoms with van der Waals surface area (Å²) < 4.78 is 8.34. The van der Waals surface area contributed by atoms with E-state index in [1.807, 2.05) is 42.1 Å². The van der Waals surface area contributed by atoms with Crippen LogP contribution >= 0.6 is 34.3 Å². The van der Waals surface area contributed by atoms with Gasteiger partial charge in [0.1, 0.15) is 11.0 Å². The zero-order valence-corrected chi connectivity index (χ0v) is 12.4. The van der Waals surface area contributed by atoms with Crippen molar-refractivity contribution in [2.75, 3.05) is 19.0 Å². The number of rotatable bonds is 2. The van der Waals surface area contributed by atoms with Crippen molar-refractivity contribution in [3.8, 4) is 0 Å². The molecule has 1 heterocycles. The third-order valence-electron chi connectivity index (χ3n) is 1.69. The van der Waals surface area contributed by atoms with Gasteiger partial charge in [-0.3, -0.25) is 0 Å². The number of hydrogen-bond acceptors (Lipinski definition) is 4. The summed E-state index contributed by atoms with van der Waals surface area (Å²) in [6.45, 7) is 0. The zero-order valence-electron chi connectivity index (χ0n) is 9.38. The van der Waals surface area contributed by atoms with Crippen molar-refractivity contribution >= 4 is 57.4 Å². The summed E-state index contributed by atoms with van der Waals surface area (Å²) >= 11 is 3.36. The van der Waals surface area contributed by atoms with Crippen LogP contribution in [-0.2, 0) is 0 Å². The second-order valence-electron chi connectivity index (χ2n) is 3.12. The fraction of sp³-hybridized carbons (Fsp3) is 0.300. The van der Waals surface area contributed by atoms with E-state index in [1.54, 1.807) is 6.34 Å². The minimum atomic E-state index is 0.866. The minimum Gasteiger partial charge on any atom is -0.369 e. The molecular weight excluding hydrogens is 335 g/mol. The third-order valence-corrected chi connectivity index (χ3v) is 2.24. The summed E-state index contributed by atoms with van der Waals surface area (Å²) in [7, 11) is 3.87. The summed E-state index contributed by atoms with van der Waals surface area (Å²) in [5.41, 5.74) is 2.64. The van der Waals surface area contributed by atoms with Gasteiger partial charge in [-0.15, -0.1) is 0 Å². The largest absolute Gasteiger partial charge is 0.369 e. The van der Waals surface area contributed by atoms with E-state index in [9.17, 15) is 0 Å². The maximum absolute atomic E-state index is 4.31. The number of nitrogens with zero attached hydrogens (tertiary/aromatic N) is 4. The molecule has 0 saturated carbocycles. The molecule has 0 aliphatic carbocycles. The second kappa shape index (κ2) is 6.74. The lowest BCUT2D eigenvalue weighted by molar-refractivity contribution is 0.643. The molecule has 86 valence electrons. The molecule has 0 N–H and O–H groups in total. The summed E-state index contributed by atoms with van der Waals surface area (Å²) in [5, 5.41) is 0. The summed E-state index contributed by atoms with van der Waals surface area (Å²) in [6, 6.07) is 5.81. The fourth-order valence-electron chi connectivity index (χ4n) is 1.07. The smallest absolute Gasteiger partial charge is 0.130 e. The Hall–Kier alpha value is -0.760. The highest BCUT2D eigenvalue weighted by molar-refractivity contribution is 14.1. The van der Waals surface area contributed by atoms with Gasteiger partial charge >= 0.3 is 0 Å². The molecule has 0 amide bonds. The Labute approximate surface area is 113 Å². The van der Waals surface area contributed by atoms with E-state index < -0.39 is 0 Å². The number of aromatic nitrogens is 2. The Kier molecular flexibility index (Phi) is 5.61. The van der Waals surface area contributed by atoms with E-state index in [2.05, 4.69) is 36.3 Å². The predicted molar refractivity (Wildman–Crippen MR) is 79.2 cm³/mol.